The third-order valence-corrected chi connectivity index (χ3v) is 5.44. The smallest absolute Gasteiger partial charge is 0.0972 e. The first kappa shape index (κ1) is 19.3. The van der Waals surface area contributed by atoms with Crippen molar-refractivity contribution in [1.82, 2.24) is 9.97 Å². The molecule has 4 rings (SSSR count). The highest BCUT2D eigenvalue weighted by Crippen LogP contribution is 2.29. The van der Waals surface area contributed by atoms with Crippen LogP contribution in [0.1, 0.15) is 44.5 Å². The average molecular weight is 382 g/mol. The zero-order valence-corrected chi connectivity index (χ0v) is 17.6. The summed E-state index contributed by atoms with van der Waals surface area (Å²) in [5.74, 6) is 0.262. The predicted octanol–water partition coefficient (Wildman–Crippen LogP) is 6.68. The van der Waals surface area contributed by atoms with Gasteiger partial charge in [0.2, 0.25) is 0 Å². The van der Waals surface area contributed by atoms with Crippen molar-refractivity contribution in [2.75, 3.05) is 0 Å². The van der Waals surface area contributed by atoms with E-state index in [1.165, 1.54) is 11.1 Å². The summed E-state index contributed by atoms with van der Waals surface area (Å²) in [5, 5.41) is 2.21. The molecule has 0 fully saturated rings. The molecule has 0 saturated carbocycles. The van der Waals surface area contributed by atoms with Crippen molar-refractivity contribution in [3.05, 3.63) is 77.6 Å². The molecule has 0 unspecified atom stereocenters. The van der Waals surface area contributed by atoms with Crippen LogP contribution in [-0.2, 0) is 12.8 Å². The highest BCUT2D eigenvalue weighted by molar-refractivity contribution is 6.07. The minimum atomic E-state index is 0.262. The van der Waals surface area contributed by atoms with Gasteiger partial charge < -0.3 is 0 Å². The summed E-state index contributed by atoms with van der Waals surface area (Å²) in [5.41, 5.74) is 7.52. The fraction of sp³-hybridized carbons (Fsp3) is 0.269. The van der Waals surface area contributed by atoms with Crippen LogP contribution in [0.3, 0.4) is 0 Å². The van der Waals surface area contributed by atoms with Crippen molar-refractivity contribution >= 4 is 33.2 Å². The largest absolute Gasteiger partial charge is 0.254 e. The number of rotatable bonds is 5. The first-order valence-electron chi connectivity index (χ1n) is 10.5. The van der Waals surface area contributed by atoms with Crippen molar-refractivity contribution in [2.24, 2.45) is 10.9 Å². The van der Waals surface area contributed by atoms with E-state index < -0.39 is 0 Å². The number of aliphatic imine (C=N–C) groups is 1. The number of pyridine rings is 2. The van der Waals surface area contributed by atoms with E-state index >= 15 is 0 Å². The second kappa shape index (κ2) is 8.12. The summed E-state index contributed by atoms with van der Waals surface area (Å²) in [6, 6.07) is 19.0. The third kappa shape index (κ3) is 3.65. The molecule has 4 aromatic rings. The van der Waals surface area contributed by atoms with Gasteiger partial charge in [-0.25, -0.2) is 4.98 Å². The van der Waals surface area contributed by atoms with E-state index in [-0.39, 0.29) is 5.92 Å². The van der Waals surface area contributed by atoms with E-state index in [4.69, 9.17) is 9.98 Å². The van der Waals surface area contributed by atoms with E-state index in [0.29, 0.717) is 0 Å². The van der Waals surface area contributed by atoms with E-state index in [1.54, 1.807) is 0 Å². The molecule has 0 amide bonds. The summed E-state index contributed by atoms with van der Waals surface area (Å²) in [6.45, 7) is 8.75. The maximum Gasteiger partial charge on any atom is 0.0972 e. The van der Waals surface area contributed by atoms with E-state index in [2.05, 4.69) is 81.2 Å². The minimum Gasteiger partial charge on any atom is -0.254 e. The molecule has 0 saturated heterocycles. The Morgan fingerprint density at radius 1 is 0.828 bits per heavy atom. The number of hydrogen-bond donors (Lipinski definition) is 0. The first-order chi connectivity index (χ1) is 14.1. The Bertz CT molecular complexity index is 1180. The standard InChI is InChI=1S/C26H27N3/c1-5-18-9-7-10-19(6-2)24(18)29-23(17(3)4)22-15-14-21-13-12-20-11-8-16-27-25(20)26(21)28-22/h7-17H,5-6H2,1-4H3/b29-23+. The lowest BCUT2D eigenvalue weighted by Gasteiger charge is -2.15. The first-order valence-corrected chi connectivity index (χ1v) is 10.5. The number of hydrogen-bond acceptors (Lipinski definition) is 3. The molecule has 2 heterocycles. The monoisotopic (exact) mass is 381 g/mol. The van der Waals surface area contributed by atoms with Crippen molar-refractivity contribution in [1.29, 1.82) is 0 Å². The second-order valence-corrected chi connectivity index (χ2v) is 7.69. The molecule has 2 aromatic heterocycles. The molecule has 146 valence electrons. The molecule has 29 heavy (non-hydrogen) atoms. The topological polar surface area (TPSA) is 38.1 Å². The lowest BCUT2D eigenvalue weighted by molar-refractivity contribution is 0.879. The number of benzene rings is 2. The van der Waals surface area contributed by atoms with E-state index in [1.807, 2.05) is 12.3 Å². The Morgan fingerprint density at radius 3 is 2.14 bits per heavy atom. The van der Waals surface area contributed by atoms with Crippen LogP contribution >= 0.6 is 0 Å². The number of aromatic nitrogens is 2. The van der Waals surface area contributed by atoms with Crippen molar-refractivity contribution in [3.8, 4) is 0 Å². The zero-order valence-electron chi connectivity index (χ0n) is 17.6. The van der Waals surface area contributed by atoms with E-state index in [9.17, 15) is 0 Å². The molecular weight excluding hydrogens is 354 g/mol. The fourth-order valence-electron chi connectivity index (χ4n) is 3.83. The van der Waals surface area contributed by atoms with Crippen molar-refractivity contribution in [3.63, 3.8) is 0 Å². The predicted molar refractivity (Wildman–Crippen MR) is 123 cm³/mol. The van der Waals surface area contributed by atoms with Gasteiger partial charge in [0, 0.05) is 17.0 Å². The maximum absolute atomic E-state index is 5.19. The molecule has 0 spiro atoms. The quantitative estimate of drug-likeness (QED) is 0.285. The summed E-state index contributed by atoms with van der Waals surface area (Å²) < 4.78 is 0. The lowest BCUT2D eigenvalue weighted by atomic mass is 10.00. The van der Waals surface area contributed by atoms with Gasteiger partial charge in [-0.05, 0) is 42.0 Å². The van der Waals surface area contributed by atoms with Crippen LogP contribution in [0.2, 0.25) is 0 Å². The molecule has 0 bridgehead atoms. The normalized spacial score (nSPS) is 12.2. The van der Waals surface area contributed by atoms with Crippen LogP contribution in [0.25, 0.3) is 21.8 Å². The molecular formula is C26H27N3. The molecule has 3 nitrogen and oxygen atoms in total. The average Bonchev–Trinajstić information content (AvgIpc) is 2.76. The van der Waals surface area contributed by atoms with Crippen LogP contribution in [-0.4, -0.2) is 15.7 Å². The van der Waals surface area contributed by atoms with Crippen molar-refractivity contribution < 1.29 is 0 Å². The van der Waals surface area contributed by atoms with Gasteiger partial charge in [-0.3, -0.25) is 9.98 Å². The third-order valence-electron chi connectivity index (χ3n) is 5.44. The fourth-order valence-corrected chi connectivity index (χ4v) is 3.83. The van der Waals surface area contributed by atoms with Crippen LogP contribution in [0.15, 0.2) is 65.8 Å². The molecule has 3 heteroatoms. The molecule has 0 N–H and O–H groups in total. The molecule has 0 radical (unpaired) electrons. The Kier molecular flexibility index (Phi) is 5.39. The van der Waals surface area contributed by atoms with Gasteiger partial charge in [0.05, 0.1) is 28.1 Å². The number of para-hydroxylation sites is 1. The van der Waals surface area contributed by atoms with Gasteiger partial charge in [0.15, 0.2) is 0 Å². The van der Waals surface area contributed by atoms with Gasteiger partial charge in [0.1, 0.15) is 0 Å². The highest BCUT2D eigenvalue weighted by Gasteiger charge is 2.15. The van der Waals surface area contributed by atoms with Gasteiger partial charge in [-0.15, -0.1) is 0 Å². The van der Waals surface area contributed by atoms with Crippen LogP contribution < -0.4 is 0 Å². The lowest BCUT2D eigenvalue weighted by Crippen LogP contribution is -2.12. The summed E-state index contributed by atoms with van der Waals surface area (Å²) in [7, 11) is 0. The minimum absolute atomic E-state index is 0.262. The Morgan fingerprint density at radius 2 is 1.48 bits per heavy atom. The SMILES string of the molecule is CCc1cccc(CC)c1/N=C(/c1ccc2ccc3cccnc3c2n1)C(C)C. The number of nitrogens with zero attached hydrogens (tertiary/aromatic N) is 3. The van der Waals surface area contributed by atoms with Crippen LogP contribution in [0.4, 0.5) is 5.69 Å². The number of aryl methyl sites for hydroxylation is 2. The molecule has 2 aromatic carbocycles. The molecule has 0 atom stereocenters. The summed E-state index contributed by atoms with van der Waals surface area (Å²) in [6.07, 6.45) is 3.77. The van der Waals surface area contributed by atoms with Gasteiger partial charge in [-0.2, -0.15) is 0 Å². The summed E-state index contributed by atoms with van der Waals surface area (Å²) in [4.78, 5) is 14.8. The van der Waals surface area contributed by atoms with Crippen LogP contribution in [0, 0.1) is 5.92 Å². The second-order valence-electron chi connectivity index (χ2n) is 7.69. The van der Waals surface area contributed by atoms with Crippen LogP contribution in [0.5, 0.6) is 0 Å². The van der Waals surface area contributed by atoms with Gasteiger partial charge in [0.25, 0.3) is 0 Å². The molecule has 0 aliphatic carbocycles. The number of fused-ring (bicyclic) bond motifs is 3. The highest BCUT2D eigenvalue weighted by atomic mass is 14.8. The zero-order chi connectivity index (χ0) is 20.4. The van der Waals surface area contributed by atoms with Gasteiger partial charge >= 0.3 is 0 Å². The Hall–Kier alpha value is -3.07. The summed E-state index contributed by atoms with van der Waals surface area (Å²) >= 11 is 0. The Balaban J connectivity index is 1.94. The Labute approximate surface area is 172 Å². The molecule has 0 aliphatic heterocycles. The van der Waals surface area contributed by atoms with Gasteiger partial charge in [-0.1, -0.05) is 70.2 Å². The maximum atomic E-state index is 5.19. The molecule has 0 aliphatic rings. The van der Waals surface area contributed by atoms with E-state index in [0.717, 1.165) is 51.7 Å². The van der Waals surface area contributed by atoms with Crippen molar-refractivity contribution in [2.45, 2.75) is 40.5 Å².